The number of Topliss-reactive ketones (excluding diaryl/α,β-unsaturated/α-hetero) is 1. The van der Waals surface area contributed by atoms with Crippen LogP contribution in [0.3, 0.4) is 0 Å². The zero-order chi connectivity index (χ0) is 24.1. The van der Waals surface area contributed by atoms with E-state index in [4.69, 9.17) is 10.2 Å². The predicted molar refractivity (Wildman–Crippen MR) is 132 cm³/mol. The highest BCUT2D eigenvalue weighted by molar-refractivity contribution is 6.01. The van der Waals surface area contributed by atoms with Gasteiger partial charge in [0, 0.05) is 30.6 Å². The van der Waals surface area contributed by atoms with Crippen LogP contribution in [0.4, 0.5) is 21.9 Å². The summed E-state index contributed by atoms with van der Waals surface area (Å²) < 4.78 is 23.0. The minimum atomic E-state index is -0.458. The lowest BCUT2D eigenvalue weighted by molar-refractivity contribution is -0.120. The fraction of sp³-hybridized carbons (Fsp3) is 0.231. The van der Waals surface area contributed by atoms with Crippen LogP contribution in [0.25, 0.3) is 33.3 Å². The van der Waals surface area contributed by atoms with Crippen LogP contribution in [0.15, 0.2) is 53.3 Å². The lowest BCUT2D eigenvalue weighted by Crippen LogP contribution is -2.17. The Morgan fingerprint density at radius 2 is 1.97 bits per heavy atom. The molecule has 0 amide bonds. The first-order valence-corrected chi connectivity index (χ1v) is 11.5. The highest BCUT2D eigenvalue weighted by atomic mass is 19.1. The molecule has 176 valence electrons. The fourth-order valence-corrected chi connectivity index (χ4v) is 4.80. The first kappa shape index (κ1) is 21.3. The van der Waals surface area contributed by atoms with Crippen molar-refractivity contribution in [2.24, 2.45) is 0 Å². The molecule has 0 bridgehead atoms. The van der Waals surface area contributed by atoms with Crippen LogP contribution in [0.1, 0.15) is 37.3 Å². The van der Waals surface area contributed by atoms with Gasteiger partial charge in [-0.15, -0.1) is 0 Å². The normalized spacial score (nSPS) is 14.7. The van der Waals surface area contributed by atoms with Gasteiger partial charge in [-0.2, -0.15) is 4.98 Å². The monoisotopic (exact) mass is 470 g/mol. The molecule has 0 atom stereocenters. The average molecular weight is 471 g/mol. The fourth-order valence-electron chi connectivity index (χ4n) is 4.80. The number of anilines is 3. The Kier molecular flexibility index (Phi) is 4.98. The number of ketones is 1. The molecule has 3 heterocycles. The summed E-state index contributed by atoms with van der Waals surface area (Å²) in [7, 11) is 0. The standard InChI is InChI=1S/C26H23FN6O2/c1-14-2-9-22-21(10-14)32-26(35-22)31-20-8-3-15(11-19(20)27)18-12-33(16-4-6-17(34)7-5-16)25-23(18)24(28)29-13-30-25/h2-3,8-13,16H,4-7H2,1H3,(H,31,32)(H2,28,29,30). The quantitative estimate of drug-likeness (QED) is 0.347. The molecule has 1 fully saturated rings. The van der Waals surface area contributed by atoms with E-state index in [0.717, 1.165) is 24.0 Å². The molecule has 0 spiro atoms. The minimum absolute atomic E-state index is 0.131. The maximum atomic E-state index is 15.2. The molecule has 35 heavy (non-hydrogen) atoms. The summed E-state index contributed by atoms with van der Waals surface area (Å²) in [6.45, 7) is 1.97. The van der Waals surface area contributed by atoms with Gasteiger partial charge >= 0.3 is 0 Å². The number of hydrogen-bond donors (Lipinski definition) is 2. The number of carbonyl (C=O) groups excluding carboxylic acids is 1. The number of aromatic nitrogens is 4. The topological polar surface area (TPSA) is 112 Å². The van der Waals surface area contributed by atoms with Crippen LogP contribution < -0.4 is 11.1 Å². The highest BCUT2D eigenvalue weighted by Gasteiger charge is 2.25. The molecule has 3 aromatic heterocycles. The summed E-state index contributed by atoms with van der Waals surface area (Å²) >= 11 is 0. The summed E-state index contributed by atoms with van der Waals surface area (Å²) in [5, 5.41) is 3.61. The number of nitrogens with two attached hydrogens (primary N) is 1. The number of halogens is 1. The molecule has 0 unspecified atom stereocenters. The Bertz CT molecular complexity index is 1590. The van der Waals surface area contributed by atoms with Gasteiger partial charge in [0.2, 0.25) is 0 Å². The predicted octanol–water partition coefficient (Wildman–Crippen LogP) is 5.70. The van der Waals surface area contributed by atoms with E-state index in [9.17, 15) is 4.79 Å². The number of nitrogens with zero attached hydrogens (tertiary/aromatic N) is 4. The molecule has 8 nitrogen and oxygen atoms in total. The van der Waals surface area contributed by atoms with Crippen molar-refractivity contribution in [2.45, 2.75) is 38.6 Å². The number of hydrogen-bond acceptors (Lipinski definition) is 7. The third-order valence-corrected chi connectivity index (χ3v) is 6.61. The van der Waals surface area contributed by atoms with Gasteiger partial charge in [0.05, 0.1) is 11.1 Å². The van der Waals surface area contributed by atoms with E-state index in [1.165, 1.54) is 12.4 Å². The van der Waals surface area contributed by atoms with Crippen LogP contribution in [-0.2, 0) is 4.79 Å². The number of oxazole rings is 1. The average Bonchev–Trinajstić information content (AvgIpc) is 3.42. The van der Waals surface area contributed by atoms with Gasteiger partial charge in [-0.3, -0.25) is 4.79 Å². The van der Waals surface area contributed by atoms with Crippen LogP contribution in [-0.4, -0.2) is 25.3 Å². The molecule has 0 radical (unpaired) electrons. The summed E-state index contributed by atoms with van der Waals surface area (Å²) in [5.41, 5.74) is 11.0. The van der Waals surface area contributed by atoms with Gasteiger partial charge in [-0.05, 0) is 55.2 Å². The minimum Gasteiger partial charge on any atom is -0.423 e. The summed E-state index contributed by atoms with van der Waals surface area (Å²) in [6, 6.07) is 10.9. The van der Waals surface area contributed by atoms with E-state index in [1.807, 2.05) is 37.4 Å². The largest absolute Gasteiger partial charge is 0.423 e. The van der Waals surface area contributed by atoms with Crippen LogP contribution >= 0.6 is 0 Å². The number of rotatable bonds is 4. The van der Waals surface area contributed by atoms with Crippen LogP contribution in [0.2, 0.25) is 0 Å². The van der Waals surface area contributed by atoms with Gasteiger partial charge < -0.3 is 20.0 Å². The smallest absolute Gasteiger partial charge is 0.300 e. The number of benzene rings is 2. The number of fused-ring (bicyclic) bond motifs is 2. The Labute approximate surface area is 200 Å². The molecular formula is C26H23FN6O2. The zero-order valence-electron chi connectivity index (χ0n) is 19.1. The van der Waals surface area contributed by atoms with Crippen molar-refractivity contribution in [3.8, 4) is 11.1 Å². The summed E-state index contributed by atoms with van der Waals surface area (Å²) in [6.07, 6.45) is 5.96. The maximum absolute atomic E-state index is 15.2. The van der Waals surface area contributed by atoms with E-state index in [2.05, 4.69) is 24.8 Å². The molecule has 0 aliphatic heterocycles. The van der Waals surface area contributed by atoms with E-state index in [1.54, 1.807) is 6.07 Å². The van der Waals surface area contributed by atoms with Gasteiger partial charge in [0.1, 0.15) is 34.9 Å². The molecule has 6 rings (SSSR count). The second-order valence-corrected chi connectivity index (χ2v) is 8.99. The van der Waals surface area contributed by atoms with Crippen molar-refractivity contribution >= 4 is 45.4 Å². The third kappa shape index (κ3) is 3.78. The van der Waals surface area contributed by atoms with Crippen LogP contribution in [0, 0.1) is 12.7 Å². The molecule has 0 saturated heterocycles. The van der Waals surface area contributed by atoms with Crippen molar-refractivity contribution in [1.82, 2.24) is 19.5 Å². The molecule has 5 aromatic rings. The van der Waals surface area contributed by atoms with Crippen molar-refractivity contribution in [2.75, 3.05) is 11.1 Å². The van der Waals surface area contributed by atoms with Gasteiger partial charge in [-0.1, -0.05) is 12.1 Å². The summed E-state index contributed by atoms with van der Waals surface area (Å²) in [4.78, 5) is 24.8. The van der Waals surface area contributed by atoms with Crippen molar-refractivity contribution in [3.63, 3.8) is 0 Å². The zero-order valence-corrected chi connectivity index (χ0v) is 19.1. The molecule has 2 aromatic carbocycles. The van der Waals surface area contributed by atoms with Crippen LogP contribution in [0.5, 0.6) is 0 Å². The SMILES string of the molecule is Cc1ccc2oc(Nc3ccc(-c4cn(C5CCC(=O)CC5)c5ncnc(N)c45)cc3F)nc2c1. The molecule has 1 aliphatic carbocycles. The Balaban J connectivity index is 1.36. The van der Waals surface area contributed by atoms with E-state index in [0.29, 0.717) is 46.4 Å². The second-order valence-electron chi connectivity index (χ2n) is 8.99. The molecule has 1 saturated carbocycles. The first-order chi connectivity index (χ1) is 17.0. The second kappa shape index (κ2) is 8.19. The Hall–Kier alpha value is -4.27. The van der Waals surface area contributed by atoms with E-state index >= 15 is 4.39 Å². The third-order valence-electron chi connectivity index (χ3n) is 6.61. The molecule has 1 aliphatic rings. The maximum Gasteiger partial charge on any atom is 0.300 e. The molecular weight excluding hydrogens is 447 g/mol. The highest BCUT2D eigenvalue weighted by Crippen LogP contribution is 2.38. The van der Waals surface area contributed by atoms with Gasteiger partial charge in [0.15, 0.2) is 5.58 Å². The first-order valence-electron chi connectivity index (χ1n) is 11.5. The number of aryl methyl sites for hydroxylation is 1. The number of carbonyl (C=O) groups is 1. The van der Waals surface area contributed by atoms with Crippen molar-refractivity contribution in [3.05, 3.63) is 60.3 Å². The Morgan fingerprint density at radius 1 is 1.14 bits per heavy atom. The molecule has 9 heteroatoms. The number of nitrogens with one attached hydrogen (secondary N) is 1. The Morgan fingerprint density at radius 3 is 2.77 bits per heavy atom. The molecule has 3 N–H and O–H groups in total. The van der Waals surface area contributed by atoms with E-state index < -0.39 is 5.82 Å². The van der Waals surface area contributed by atoms with Gasteiger partial charge in [-0.25, -0.2) is 14.4 Å². The lowest BCUT2D eigenvalue weighted by Gasteiger charge is -2.23. The van der Waals surface area contributed by atoms with Gasteiger partial charge in [0.25, 0.3) is 6.01 Å². The van der Waals surface area contributed by atoms with Crippen molar-refractivity contribution in [1.29, 1.82) is 0 Å². The van der Waals surface area contributed by atoms with Crippen molar-refractivity contribution < 1.29 is 13.6 Å². The van der Waals surface area contributed by atoms with E-state index in [-0.39, 0.29) is 23.5 Å². The summed E-state index contributed by atoms with van der Waals surface area (Å²) in [5.74, 6) is 0.159. The number of nitrogen functional groups attached to an aromatic ring is 1. The lowest BCUT2D eigenvalue weighted by atomic mass is 9.94.